The number of rotatable bonds is 5. The van der Waals surface area contributed by atoms with Crippen LogP contribution in [0.4, 0.5) is 0 Å². The van der Waals surface area contributed by atoms with Gasteiger partial charge in [0.1, 0.15) is 5.75 Å². The Morgan fingerprint density at radius 3 is 2.32 bits per heavy atom. The lowest BCUT2D eigenvalue weighted by Gasteiger charge is -2.32. The van der Waals surface area contributed by atoms with Gasteiger partial charge in [-0.15, -0.1) is 0 Å². The van der Waals surface area contributed by atoms with Crippen molar-refractivity contribution in [3.8, 4) is 5.75 Å². The van der Waals surface area contributed by atoms with Crippen LogP contribution in [0.15, 0.2) is 24.3 Å². The average molecular weight is 347 g/mol. The lowest BCUT2D eigenvalue weighted by Crippen LogP contribution is -2.41. The summed E-state index contributed by atoms with van der Waals surface area (Å²) in [4.78, 5) is 11.9. The predicted molar refractivity (Wildman–Crippen MR) is 100 cm³/mol. The van der Waals surface area contributed by atoms with Gasteiger partial charge in [-0.05, 0) is 50.7 Å². The second-order valence-corrected chi connectivity index (χ2v) is 8.79. The summed E-state index contributed by atoms with van der Waals surface area (Å²) in [5.41, 5.74) is 0.154. The van der Waals surface area contributed by atoms with Gasteiger partial charge >= 0.3 is 7.12 Å². The molecule has 0 bridgehead atoms. The van der Waals surface area contributed by atoms with E-state index >= 15 is 0 Å². The topological polar surface area (TPSA) is 56.8 Å². The van der Waals surface area contributed by atoms with Crippen LogP contribution in [0.3, 0.4) is 0 Å². The molecule has 25 heavy (non-hydrogen) atoms. The Bertz CT molecular complexity index is 606. The van der Waals surface area contributed by atoms with Gasteiger partial charge in [0.15, 0.2) is 6.61 Å². The molecule has 0 aliphatic carbocycles. The molecule has 1 aromatic rings. The van der Waals surface area contributed by atoms with Crippen molar-refractivity contribution in [2.45, 2.75) is 59.7 Å². The first kappa shape index (κ1) is 19.8. The number of carbonyl (C=O) groups excluding carboxylic acids is 1. The number of nitrogens with one attached hydrogen (secondary N) is 1. The molecule has 1 aromatic carbocycles. The molecule has 1 amide bonds. The van der Waals surface area contributed by atoms with Crippen molar-refractivity contribution in [3.63, 3.8) is 0 Å². The van der Waals surface area contributed by atoms with Crippen LogP contribution in [0, 0.1) is 5.41 Å². The van der Waals surface area contributed by atoms with Crippen molar-refractivity contribution in [1.29, 1.82) is 0 Å². The Morgan fingerprint density at radius 2 is 1.76 bits per heavy atom. The summed E-state index contributed by atoms with van der Waals surface area (Å²) in [7, 11) is -0.441. The average Bonchev–Trinajstić information content (AvgIpc) is 2.71. The number of ether oxygens (including phenoxy) is 1. The minimum absolute atomic E-state index is 0.0110. The number of amides is 1. The van der Waals surface area contributed by atoms with Gasteiger partial charge in [0.05, 0.1) is 11.2 Å². The summed E-state index contributed by atoms with van der Waals surface area (Å²) < 4.78 is 17.7. The van der Waals surface area contributed by atoms with Gasteiger partial charge in [0.25, 0.3) is 5.91 Å². The van der Waals surface area contributed by atoms with Crippen LogP contribution in [0.2, 0.25) is 0 Å². The van der Waals surface area contributed by atoms with Gasteiger partial charge in [0.2, 0.25) is 0 Å². The van der Waals surface area contributed by atoms with E-state index in [2.05, 4.69) is 26.1 Å². The Hall–Kier alpha value is -1.53. The zero-order valence-corrected chi connectivity index (χ0v) is 16.4. The molecule has 138 valence electrons. The third kappa shape index (κ3) is 5.22. The van der Waals surface area contributed by atoms with E-state index in [9.17, 15) is 4.79 Å². The standard InChI is InChI=1S/C19H30BNO4/c1-17(2,3)13-21-16(22)12-23-15-10-8-9-14(11-15)20-24-18(4,5)19(6,7)25-20/h8-11H,12-13H2,1-7H3,(H,21,22). The minimum Gasteiger partial charge on any atom is -0.484 e. The second kappa shape index (κ2) is 7.00. The molecule has 6 heteroatoms. The summed E-state index contributed by atoms with van der Waals surface area (Å²) in [6.07, 6.45) is 0. The summed E-state index contributed by atoms with van der Waals surface area (Å²) in [5, 5.41) is 2.87. The van der Waals surface area contributed by atoms with Crippen molar-refractivity contribution >= 4 is 18.5 Å². The zero-order chi connectivity index (χ0) is 18.9. The van der Waals surface area contributed by atoms with E-state index < -0.39 is 7.12 Å². The smallest absolute Gasteiger partial charge is 0.484 e. The maximum Gasteiger partial charge on any atom is 0.494 e. The normalized spacial score (nSPS) is 18.9. The van der Waals surface area contributed by atoms with E-state index in [1.165, 1.54) is 0 Å². The lowest BCUT2D eigenvalue weighted by molar-refractivity contribution is -0.123. The molecule has 1 aliphatic heterocycles. The number of hydrogen-bond acceptors (Lipinski definition) is 4. The van der Waals surface area contributed by atoms with Gasteiger partial charge in [0, 0.05) is 6.54 Å². The molecule has 1 fully saturated rings. The van der Waals surface area contributed by atoms with E-state index in [-0.39, 0.29) is 29.1 Å². The maximum absolute atomic E-state index is 11.9. The number of benzene rings is 1. The largest absolute Gasteiger partial charge is 0.494 e. The van der Waals surface area contributed by atoms with Crippen LogP contribution < -0.4 is 15.5 Å². The van der Waals surface area contributed by atoms with Crippen LogP contribution in [0.1, 0.15) is 48.5 Å². The minimum atomic E-state index is -0.441. The van der Waals surface area contributed by atoms with Gasteiger partial charge < -0.3 is 19.4 Å². The van der Waals surface area contributed by atoms with Crippen molar-refractivity contribution in [3.05, 3.63) is 24.3 Å². The van der Waals surface area contributed by atoms with Crippen LogP contribution in [0.25, 0.3) is 0 Å². The monoisotopic (exact) mass is 347 g/mol. The molecule has 1 N–H and O–H groups in total. The van der Waals surface area contributed by atoms with Gasteiger partial charge in [-0.3, -0.25) is 4.79 Å². The first-order chi connectivity index (χ1) is 11.4. The highest BCUT2D eigenvalue weighted by Gasteiger charge is 2.51. The third-order valence-corrected chi connectivity index (χ3v) is 4.57. The van der Waals surface area contributed by atoms with Crippen molar-refractivity contribution in [2.24, 2.45) is 5.41 Å². The van der Waals surface area contributed by atoms with E-state index in [1.807, 2.05) is 52.0 Å². The third-order valence-electron chi connectivity index (χ3n) is 4.57. The van der Waals surface area contributed by atoms with Crippen molar-refractivity contribution in [2.75, 3.05) is 13.2 Å². The second-order valence-electron chi connectivity index (χ2n) is 8.79. The van der Waals surface area contributed by atoms with Crippen LogP contribution in [-0.2, 0) is 14.1 Å². The molecule has 0 unspecified atom stereocenters. The first-order valence-corrected chi connectivity index (χ1v) is 8.75. The Labute approximate surface area is 151 Å². The summed E-state index contributed by atoms with van der Waals surface area (Å²) in [5.74, 6) is 0.495. The predicted octanol–water partition coefficient (Wildman–Crippen LogP) is 2.53. The van der Waals surface area contributed by atoms with E-state index in [4.69, 9.17) is 14.0 Å². The van der Waals surface area contributed by atoms with Gasteiger partial charge in [-0.1, -0.05) is 32.9 Å². The van der Waals surface area contributed by atoms with Crippen molar-refractivity contribution in [1.82, 2.24) is 5.32 Å². The van der Waals surface area contributed by atoms with Gasteiger partial charge in [-0.2, -0.15) is 0 Å². The fourth-order valence-corrected chi connectivity index (χ4v) is 2.29. The maximum atomic E-state index is 11.9. The number of carbonyl (C=O) groups is 1. The van der Waals surface area contributed by atoms with Crippen LogP contribution in [-0.4, -0.2) is 37.4 Å². The molecule has 0 atom stereocenters. The SMILES string of the molecule is CC(C)(C)CNC(=O)COc1cccc(B2OC(C)(C)C(C)(C)O2)c1. The Balaban J connectivity index is 1.95. The fraction of sp³-hybridized carbons (Fsp3) is 0.632. The molecule has 2 rings (SSSR count). The highest BCUT2D eigenvalue weighted by molar-refractivity contribution is 6.62. The zero-order valence-electron chi connectivity index (χ0n) is 16.4. The molecule has 1 aliphatic rings. The van der Waals surface area contributed by atoms with Gasteiger partial charge in [-0.25, -0.2) is 0 Å². The summed E-state index contributed by atoms with van der Waals surface area (Å²) in [6, 6.07) is 7.50. The highest BCUT2D eigenvalue weighted by atomic mass is 16.7. The van der Waals surface area contributed by atoms with Crippen molar-refractivity contribution < 1.29 is 18.8 Å². The molecular weight excluding hydrogens is 317 g/mol. The Morgan fingerprint density at radius 1 is 1.16 bits per heavy atom. The van der Waals surface area contributed by atoms with E-state index in [1.54, 1.807) is 0 Å². The molecule has 0 spiro atoms. The molecule has 1 heterocycles. The quantitative estimate of drug-likeness (QED) is 0.832. The summed E-state index contributed by atoms with van der Waals surface area (Å²) >= 11 is 0. The Kier molecular flexibility index (Phi) is 5.54. The lowest BCUT2D eigenvalue weighted by atomic mass is 9.79. The first-order valence-electron chi connectivity index (χ1n) is 8.75. The van der Waals surface area contributed by atoms with Crippen LogP contribution >= 0.6 is 0 Å². The molecule has 0 aromatic heterocycles. The fourth-order valence-electron chi connectivity index (χ4n) is 2.29. The van der Waals surface area contributed by atoms with E-state index in [0.717, 1.165) is 5.46 Å². The molecule has 0 saturated carbocycles. The molecule has 0 radical (unpaired) electrons. The van der Waals surface area contributed by atoms with Crippen LogP contribution in [0.5, 0.6) is 5.75 Å². The van der Waals surface area contributed by atoms with E-state index in [0.29, 0.717) is 12.3 Å². The summed E-state index contributed by atoms with van der Waals surface area (Å²) in [6.45, 7) is 14.9. The molecule has 1 saturated heterocycles. The molecular formula is C19H30BNO4. The molecule has 5 nitrogen and oxygen atoms in total. The number of hydrogen-bond donors (Lipinski definition) is 1. The highest BCUT2D eigenvalue weighted by Crippen LogP contribution is 2.36.